The van der Waals surface area contributed by atoms with Crippen molar-refractivity contribution in [2.75, 3.05) is 26.7 Å². The van der Waals surface area contributed by atoms with Crippen LogP contribution in [0.15, 0.2) is 61.2 Å². The van der Waals surface area contributed by atoms with E-state index in [-0.39, 0.29) is 11.9 Å². The largest absolute Gasteiger partial charge is 0.481 e. The Morgan fingerprint density at radius 3 is 2.57 bits per heavy atom. The fraction of sp³-hybridized carbons (Fsp3) is 0.333. The van der Waals surface area contributed by atoms with Gasteiger partial charge < -0.3 is 10.1 Å². The smallest absolute Gasteiger partial charge is 0.253 e. The van der Waals surface area contributed by atoms with E-state index in [0.717, 1.165) is 48.0 Å². The van der Waals surface area contributed by atoms with Crippen LogP contribution in [0.25, 0.3) is 16.9 Å². The molecular formula is C27H30N6O2. The van der Waals surface area contributed by atoms with Gasteiger partial charge in [-0.15, -0.1) is 0 Å². The third kappa shape index (κ3) is 4.74. The highest BCUT2D eigenvalue weighted by atomic mass is 16.5. The average molecular weight is 471 g/mol. The molecule has 8 heteroatoms. The van der Waals surface area contributed by atoms with Crippen LogP contribution in [0.2, 0.25) is 0 Å². The first kappa shape index (κ1) is 23.0. The number of likely N-dealkylation sites (tertiary alicyclic amines) is 1. The molecule has 8 nitrogen and oxygen atoms in total. The highest BCUT2D eigenvalue weighted by molar-refractivity contribution is 6.08. The van der Waals surface area contributed by atoms with Gasteiger partial charge in [0.15, 0.2) is 0 Å². The van der Waals surface area contributed by atoms with E-state index in [1.165, 1.54) is 6.42 Å². The quantitative estimate of drug-likeness (QED) is 0.438. The van der Waals surface area contributed by atoms with Crippen molar-refractivity contribution < 1.29 is 9.53 Å². The summed E-state index contributed by atoms with van der Waals surface area (Å²) in [5.74, 6) is 1.02. The van der Waals surface area contributed by atoms with Gasteiger partial charge >= 0.3 is 0 Å². The van der Waals surface area contributed by atoms with E-state index in [9.17, 15) is 4.79 Å². The maximum Gasteiger partial charge on any atom is 0.253 e. The summed E-state index contributed by atoms with van der Waals surface area (Å²) >= 11 is 0. The fourth-order valence-corrected chi connectivity index (χ4v) is 4.90. The topological polar surface area (TPSA) is 85.2 Å². The molecule has 1 amide bonds. The lowest BCUT2D eigenvalue weighted by Gasteiger charge is -2.34. The van der Waals surface area contributed by atoms with Gasteiger partial charge in [-0.05, 0) is 56.1 Å². The first-order chi connectivity index (χ1) is 17.2. The number of fused-ring (bicyclic) bond motifs is 1. The number of aromatic nitrogens is 4. The SMILES string of the molecule is COc1ccc(C(CNC(=O)c2cn(-c3ncccn3)c3cccc(C)c23)N2CCCCC2)cn1. The lowest BCUT2D eigenvalue weighted by molar-refractivity contribution is 0.0925. The van der Waals surface area contributed by atoms with E-state index in [4.69, 9.17) is 4.74 Å². The molecular weight excluding hydrogens is 440 g/mol. The predicted octanol–water partition coefficient (Wildman–Crippen LogP) is 4.09. The van der Waals surface area contributed by atoms with Crippen molar-refractivity contribution >= 4 is 16.8 Å². The number of piperidine rings is 1. The molecule has 0 spiro atoms. The number of hydrogen-bond acceptors (Lipinski definition) is 6. The molecule has 35 heavy (non-hydrogen) atoms. The summed E-state index contributed by atoms with van der Waals surface area (Å²) in [5.41, 5.74) is 3.64. The minimum Gasteiger partial charge on any atom is -0.481 e. The van der Waals surface area contributed by atoms with Crippen LogP contribution in [0.3, 0.4) is 0 Å². The number of ether oxygens (including phenoxy) is 1. The number of methoxy groups -OCH3 is 1. The molecule has 5 rings (SSSR count). The van der Waals surface area contributed by atoms with Crippen molar-refractivity contribution in [3.8, 4) is 11.8 Å². The maximum absolute atomic E-state index is 13.6. The van der Waals surface area contributed by atoms with Gasteiger partial charge in [-0.1, -0.05) is 24.6 Å². The van der Waals surface area contributed by atoms with Crippen LogP contribution in [-0.4, -0.2) is 57.1 Å². The van der Waals surface area contributed by atoms with Crippen LogP contribution in [0.1, 0.15) is 46.8 Å². The van der Waals surface area contributed by atoms with E-state index in [2.05, 4.69) is 25.2 Å². The van der Waals surface area contributed by atoms with Crippen LogP contribution in [0.4, 0.5) is 0 Å². The van der Waals surface area contributed by atoms with E-state index < -0.39 is 0 Å². The molecule has 3 aromatic heterocycles. The van der Waals surface area contributed by atoms with Gasteiger partial charge in [0.25, 0.3) is 5.91 Å². The van der Waals surface area contributed by atoms with Gasteiger partial charge in [0, 0.05) is 42.8 Å². The number of nitrogens with one attached hydrogen (secondary N) is 1. The summed E-state index contributed by atoms with van der Waals surface area (Å²) in [5, 5.41) is 4.13. The first-order valence-corrected chi connectivity index (χ1v) is 12.1. The minimum absolute atomic E-state index is 0.0459. The third-order valence-electron chi connectivity index (χ3n) is 6.69. The Kier molecular flexibility index (Phi) is 6.72. The molecule has 4 aromatic rings. The van der Waals surface area contributed by atoms with Gasteiger partial charge in [0.2, 0.25) is 11.8 Å². The van der Waals surface area contributed by atoms with Crippen molar-refractivity contribution in [2.24, 2.45) is 0 Å². The maximum atomic E-state index is 13.6. The zero-order valence-electron chi connectivity index (χ0n) is 20.1. The second-order valence-electron chi connectivity index (χ2n) is 8.89. The summed E-state index contributed by atoms with van der Waals surface area (Å²) in [6.45, 7) is 4.54. The molecule has 1 N–H and O–H groups in total. The van der Waals surface area contributed by atoms with E-state index in [1.54, 1.807) is 25.6 Å². The molecule has 1 aliphatic rings. The fourth-order valence-electron chi connectivity index (χ4n) is 4.90. The number of pyridine rings is 1. The van der Waals surface area contributed by atoms with Crippen molar-refractivity contribution in [2.45, 2.75) is 32.2 Å². The average Bonchev–Trinajstić information content (AvgIpc) is 3.31. The van der Waals surface area contributed by atoms with Crippen molar-refractivity contribution in [1.29, 1.82) is 0 Å². The summed E-state index contributed by atoms with van der Waals surface area (Å²) in [6, 6.07) is 11.8. The summed E-state index contributed by atoms with van der Waals surface area (Å²) < 4.78 is 7.12. The summed E-state index contributed by atoms with van der Waals surface area (Å²) in [6.07, 6.45) is 10.7. The standard InChI is InChI=1S/C27H30N6O2/c1-19-8-6-9-22-25(19)21(18-33(22)27-28-12-7-13-29-27)26(34)31-17-23(32-14-4-3-5-15-32)20-10-11-24(35-2)30-16-20/h6-13,16,18,23H,3-5,14-15,17H2,1-2H3,(H,31,34). The van der Waals surface area contributed by atoms with Crippen LogP contribution in [0.5, 0.6) is 5.88 Å². The minimum atomic E-state index is -0.109. The van der Waals surface area contributed by atoms with Crippen molar-refractivity contribution in [3.63, 3.8) is 0 Å². The lowest BCUT2D eigenvalue weighted by atomic mass is 10.0. The Morgan fingerprint density at radius 2 is 1.86 bits per heavy atom. The van der Waals surface area contributed by atoms with Gasteiger partial charge in [-0.25, -0.2) is 15.0 Å². The summed E-state index contributed by atoms with van der Waals surface area (Å²) in [4.78, 5) is 29.2. The molecule has 0 radical (unpaired) electrons. The van der Waals surface area contributed by atoms with E-state index in [0.29, 0.717) is 23.9 Å². The molecule has 180 valence electrons. The number of benzene rings is 1. The van der Waals surface area contributed by atoms with E-state index in [1.807, 2.05) is 54.2 Å². The molecule has 1 unspecified atom stereocenters. The van der Waals surface area contributed by atoms with Crippen molar-refractivity contribution in [1.82, 2.24) is 29.7 Å². The van der Waals surface area contributed by atoms with Crippen LogP contribution < -0.4 is 10.1 Å². The number of amides is 1. The number of carbonyl (C=O) groups excluding carboxylic acids is 1. The number of nitrogens with zero attached hydrogens (tertiary/aromatic N) is 5. The second kappa shape index (κ2) is 10.2. The molecule has 1 aliphatic heterocycles. The highest BCUT2D eigenvalue weighted by Gasteiger charge is 2.25. The monoisotopic (exact) mass is 470 g/mol. The lowest BCUT2D eigenvalue weighted by Crippen LogP contribution is -2.40. The Morgan fingerprint density at radius 1 is 1.06 bits per heavy atom. The van der Waals surface area contributed by atoms with Gasteiger partial charge in [0.05, 0.1) is 24.2 Å². The van der Waals surface area contributed by atoms with Crippen LogP contribution in [-0.2, 0) is 0 Å². The van der Waals surface area contributed by atoms with Gasteiger partial charge in [0.1, 0.15) is 0 Å². The summed E-state index contributed by atoms with van der Waals surface area (Å²) in [7, 11) is 1.61. The van der Waals surface area contributed by atoms with Crippen LogP contribution in [0, 0.1) is 6.92 Å². The normalized spacial score (nSPS) is 15.1. The van der Waals surface area contributed by atoms with Gasteiger partial charge in [-0.3, -0.25) is 14.3 Å². The molecule has 1 saturated heterocycles. The van der Waals surface area contributed by atoms with E-state index >= 15 is 0 Å². The molecule has 1 atom stereocenters. The molecule has 4 heterocycles. The Hall–Kier alpha value is -3.78. The molecule has 1 aromatic carbocycles. The van der Waals surface area contributed by atoms with Crippen LogP contribution >= 0.6 is 0 Å². The Balaban J connectivity index is 1.44. The van der Waals surface area contributed by atoms with Crippen molar-refractivity contribution in [3.05, 3.63) is 77.9 Å². The number of rotatable bonds is 7. The second-order valence-corrected chi connectivity index (χ2v) is 8.89. The number of carbonyl (C=O) groups is 1. The predicted molar refractivity (Wildman–Crippen MR) is 135 cm³/mol. The molecule has 1 fully saturated rings. The first-order valence-electron chi connectivity index (χ1n) is 12.1. The third-order valence-corrected chi connectivity index (χ3v) is 6.69. The zero-order chi connectivity index (χ0) is 24.2. The Bertz CT molecular complexity index is 1300. The molecule has 0 saturated carbocycles. The zero-order valence-corrected chi connectivity index (χ0v) is 20.1. The Labute approximate surface area is 205 Å². The van der Waals surface area contributed by atoms with Gasteiger partial charge in [-0.2, -0.15) is 0 Å². The number of hydrogen-bond donors (Lipinski definition) is 1. The highest BCUT2D eigenvalue weighted by Crippen LogP contribution is 2.28. The molecule has 0 aliphatic carbocycles. The molecule has 0 bridgehead atoms. The number of aryl methyl sites for hydroxylation is 1.